The molecule has 6 nitrogen and oxygen atoms in total. The molecule has 154 valence electrons. The highest BCUT2D eigenvalue weighted by Gasteiger charge is 2.09. The number of ether oxygens (including phenoxy) is 2. The normalized spacial score (nSPS) is 10.8. The van der Waals surface area contributed by atoms with Crippen LogP contribution in [0.5, 0.6) is 5.75 Å². The Balaban J connectivity index is 0.00000392. The Hall–Kier alpha value is -2.00. The van der Waals surface area contributed by atoms with Crippen LogP contribution >= 0.6 is 24.0 Å². The largest absolute Gasteiger partial charge is 0.496 e. The molecule has 0 spiro atoms. The molecule has 0 fully saturated rings. The average Bonchev–Trinajstić information content (AvgIpc) is 2.70. The van der Waals surface area contributed by atoms with Gasteiger partial charge in [0.1, 0.15) is 5.75 Å². The van der Waals surface area contributed by atoms with Crippen LogP contribution in [0.3, 0.4) is 0 Å². The van der Waals surface area contributed by atoms with Gasteiger partial charge in [-0.2, -0.15) is 0 Å². The van der Waals surface area contributed by atoms with Gasteiger partial charge < -0.3 is 25.0 Å². The molecule has 2 aromatic rings. The molecule has 7 heteroatoms. The third kappa shape index (κ3) is 7.55. The standard InChI is InChI=1S/C21H30N4O2.HI/c1-22-21(25(2)16-18-7-5-6-8-20(18)27-4)24-15-17-9-11-19(12-10-17)23-13-14-26-3;/h5-12,23H,13-16H2,1-4H3,(H,22,24);1H. The number of aliphatic imine (C=N–C) groups is 1. The molecule has 0 amide bonds. The minimum absolute atomic E-state index is 0. The van der Waals surface area contributed by atoms with Gasteiger partial charge in [0.25, 0.3) is 0 Å². The number of guanidine groups is 1. The van der Waals surface area contributed by atoms with Crippen molar-refractivity contribution in [1.82, 2.24) is 10.2 Å². The van der Waals surface area contributed by atoms with Crippen LogP contribution in [0.2, 0.25) is 0 Å². The third-order valence-corrected chi connectivity index (χ3v) is 4.21. The van der Waals surface area contributed by atoms with Crippen molar-refractivity contribution in [3.05, 3.63) is 59.7 Å². The molecule has 0 radical (unpaired) electrons. The third-order valence-electron chi connectivity index (χ3n) is 4.21. The quantitative estimate of drug-likeness (QED) is 0.240. The van der Waals surface area contributed by atoms with Crippen LogP contribution < -0.4 is 15.4 Å². The van der Waals surface area contributed by atoms with Crippen molar-refractivity contribution in [2.75, 3.05) is 46.8 Å². The van der Waals surface area contributed by atoms with E-state index in [-0.39, 0.29) is 24.0 Å². The maximum atomic E-state index is 5.43. The highest BCUT2D eigenvalue weighted by molar-refractivity contribution is 14.0. The Kier molecular flexibility index (Phi) is 11.4. The molecule has 2 aromatic carbocycles. The van der Waals surface area contributed by atoms with Crippen LogP contribution in [0, 0.1) is 0 Å². The number of para-hydroxylation sites is 1. The van der Waals surface area contributed by atoms with Crippen molar-refractivity contribution in [3.63, 3.8) is 0 Å². The number of anilines is 1. The minimum atomic E-state index is 0. The number of rotatable bonds is 9. The smallest absolute Gasteiger partial charge is 0.193 e. The average molecular weight is 498 g/mol. The molecule has 0 saturated heterocycles. The van der Waals surface area contributed by atoms with Crippen LogP contribution in [0.4, 0.5) is 5.69 Å². The van der Waals surface area contributed by atoms with Gasteiger partial charge in [-0.25, -0.2) is 0 Å². The number of nitrogens with zero attached hydrogens (tertiary/aromatic N) is 2. The summed E-state index contributed by atoms with van der Waals surface area (Å²) in [4.78, 5) is 6.47. The predicted molar refractivity (Wildman–Crippen MR) is 127 cm³/mol. The van der Waals surface area contributed by atoms with Crippen molar-refractivity contribution in [3.8, 4) is 5.75 Å². The summed E-state index contributed by atoms with van der Waals surface area (Å²) in [5, 5.41) is 6.73. The Morgan fingerprint density at radius 2 is 1.79 bits per heavy atom. The molecule has 0 aliphatic heterocycles. The summed E-state index contributed by atoms with van der Waals surface area (Å²) < 4.78 is 10.5. The lowest BCUT2D eigenvalue weighted by Gasteiger charge is -2.23. The number of halogens is 1. The minimum Gasteiger partial charge on any atom is -0.496 e. The molecule has 0 aromatic heterocycles. The van der Waals surface area contributed by atoms with Crippen molar-refractivity contribution < 1.29 is 9.47 Å². The summed E-state index contributed by atoms with van der Waals surface area (Å²) in [7, 11) is 7.21. The van der Waals surface area contributed by atoms with Gasteiger partial charge in [-0.3, -0.25) is 4.99 Å². The van der Waals surface area contributed by atoms with E-state index in [1.807, 2.05) is 25.2 Å². The first kappa shape index (κ1) is 24.0. The monoisotopic (exact) mass is 498 g/mol. The summed E-state index contributed by atoms with van der Waals surface area (Å²) in [5.41, 5.74) is 3.41. The molecule has 0 bridgehead atoms. The van der Waals surface area contributed by atoms with Gasteiger partial charge in [0.05, 0.1) is 13.7 Å². The lowest BCUT2D eigenvalue weighted by Crippen LogP contribution is -2.38. The molecule has 0 saturated carbocycles. The van der Waals surface area contributed by atoms with E-state index in [4.69, 9.17) is 9.47 Å². The maximum absolute atomic E-state index is 5.43. The van der Waals surface area contributed by atoms with Crippen molar-refractivity contribution in [2.45, 2.75) is 13.1 Å². The zero-order valence-electron chi connectivity index (χ0n) is 17.1. The first-order valence-electron chi connectivity index (χ1n) is 9.03. The lowest BCUT2D eigenvalue weighted by atomic mass is 10.2. The van der Waals surface area contributed by atoms with Gasteiger partial charge in [-0.15, -0.1) is 24.0 Å². The van der Waals surface area contributed by atoms with Crippen molar-refractivity contribution >= 4 is 35.6 Å². The molecule has 28 heavy (non-hydrogen) atoms. The number of hydrogen-bond acceptors (Lipinski definition) is 4. The molecule has 0 unspecified atom stereocenters. The maximum Gasteiger partial charge on any atom is 0.193 e. The first-order valence-corrected chi connectivity index (χ1v) is 9.03. The van der Waals surface area contributed by atoms with Crippen LogP contribution in [0.1, 0.15) is 11.1 Å². The number of methoxy groups -OCH3 is 2. The predicted octanol–water partition coefficient (Wildman–Crippen LogP) is 3.58. The Labute approximate surface area is 185 Å². The number of benzene rings is 2. The van der Waals surface area contributed by atoms with Crippen LogP contribution in [0.15, 0.2) is 53.5 Å². The molecule has 2 N–H and O–H groups in total. The second-order valence-corrected chi connectivity index (χ2v) is 6.19. The molecular weight excluding hydrogens is 467 g/mol. The molecule has 0 heterocycles. The molecular formula is C21H31IN4O2. The molecule has 0 aliphatic rings. The summed E-state index contributed by atoms with van der Waals surface area (Å²) in [6.07, 6.45) is 0. The summed E-state index contributed by atoms with van der Waals surface area (Å²) in [6.45, 7) is 2.92. The summed E-state index contributed by atoms with van der Waals surface area (Å²) >= 11 is 0. The number of hydrogen-bond donors (Lipinski definition) is 2. The fourth-order valence-electron chi connectivity index (χ4n) is 2.77. The fraction of sp³-hybridized carbons (Fsp3) is 0.381. The van der Waals surface area contributed by atoms with Crippen LogP contribution in [0.25, 0.3) is 0 Å². The topological polar surface area (TPSA) is 58.1 Å². The highest BCUT2D eigenvalue weighted by Crippen LogP contribution is 2.18. The SMILES string of the molecule is CN=C(NCc1ccc(NCCOC)cc1)N(C)Cc1ccccc1OC.I. The van der Waals surface area contributed by atoms with Crippen molar-refractivity contribution in [1.29, 1.82) is 0 Å². The van der Waals surface area contributed by atoms with Crippen molar-refractivity contribution in [2.24, 2.45) is 4.99 Å². The van der Waals surface area contributed by atoms with E-state index in [2.05, 4.69) is 50.9 Å². The Bertz CT molecular complexity index is 723. The van der Waals surface area contributed by atoms with Gasteiger partial charge in [0.2, 0.25) is 0 Å². The summed E-state index contributed by atoms with van der Waals surface area (Å²) in [6, 6.07) is 16.4. The second-order valence-electron chi connectivity index (χ2n) is 6.19. The Morgan fingerprint density at radius 1 is 1.07 bits per heavy atom. The summed E-state index contributed by atoms with van der Waals surface area (Å²) in [5.74, 6) is 1.72. The van der Waals surface area contributed by atoms with Gasteiger partial charge in [0.15, 0.2) is 5.96 Å². The first-order chi connectivity index (χ1) is 13.2. The fourth-order valence-corrected chi connectivity index (χ4v) is 2.77. The molecule has 0 atom stereocenters. The molecule has 2 rings (SSSR count). The van der Waals surface area contributed by atoms with E-state index in [0.29, 0.717) is 19.7 Å². The van der Waals surface area contributed by atoms with E-state index in [9.17, 15) is 0 Å². The van der Waals surface area contributed by atoms with Crippen LogP contribution in [-0.2, 0) is 17.8 Å². The van der Waals surface area contributed by atoms with Gasteiger partial charge in [-0.1, -0.05) is 30.3 Å². The van der Waals surface area contributed by atoms with Gasteiger partial charge in [-0.05, 0) is 23.8 Å². The Morgan fingerprint density at radius 3 is 2.43 bits per heavy atom. The van der Waals surface area contributed by atoms with E-state index in [0.717, 1.165) is 29.5 Å². The van der Waals surface area contributed by atoms with Crippen LogP contribution in [-0.4, -0.2) is 52.3 Å². The molecule has 0 aliphatic carbocycles. The second kappa shape index (κ2) is 13.2. The van der Waals surface area contributed by atoms with Gasteiger partial charge in [0, 0.05) is 52.1 Å². The van der Waals surface area contributed by atoms with E-state index in [1.54, 1.807) is 21.3 Å². The van der Waals surface area contributed by atoms with E-state index in [1.165, 1.54) is 5.56 Å². The highest BCUT2D eigenvalue weighted by atomic mass is 127. The zero-order valence-corrected chi connectivity index (χ0v) is 19.4. The lowest BCUT2D eigenvalue weighted by molar-refractivity contribution is 0.211. The number of nitrogens with one attached hydrogen (secondary N) is 2. The van der Waals surface area contributed by atoms with E-state index < -0.39 is 0 Å². The zero-order chi connectivity index (χ0) is 19.5. The van der Waals surface area contributed by atoms with E-state index >= 15 is 0 Å². The van der Waals surface area contributed by atoms with Gasteiger partial charge >= 0.3 is 0 Å².